The molecule has 0 aliphatic heterocycles. The molecule has 0 amide bonds. The Labute approximate surface area is 136 Å². The van der Waals surface area contributed by atoms with Crippen molar-refractivity contribution in [3.05, 3.63) is 46.8 Å². The van der Waals surface area contributed by atoms with Gasteiger partial charge in [-0.2, -0.15) is 0 Å². The first-order valence-electron chi connectivity index (χ1n) is 7.01. The molecule has 1 aromatic carbocycles. The van der Waals surface area contributed by atoms with E-state index in [9.17, 15) is 13.2 Å². The summed E-state index contributed by atoms with van der Waals surface area (Å²) in [5.74, 6) is -0.586. The molecule has 0 atom stereocenters. The summed E-state index contributed by atoms with van der Waals surface area (Å²) in [6.07, 6.45) is 1.38. The van der Waals surface area contributed by atoms with Gasteiger partial charge in [0.15, 0.2) is 0 Å². The fourth-order valence-corrected chi connectivity index (χ4v) is 3.80. The monoisotopic (exact) mass is 336 g/mol. The second-order valence-electron chi connectivity index (χ2n) is 5.54. The highest BCUT2D eigenvalue weighted by Crippen LogP contribution is 2.25. The van der Waals surface area contributed by atoms with Crippen molar-refractivity contribution in [3.63, 3.8) is 0 Å². The normalized spacial score (nSPS) is 11.3. The molecule has 23 heavy (non-hydrogen) atoms. The molecule has 7 heteroatoms. The Bertz CT molecular complexity index is 843. The molecule has 124 valence electrons. The van der Waals surface area contributed by atoms with E-state index in [1.807, 2.05) is 32.9 Å². The fourth-order valence-electron chi connectivity index (χ4n) is 2.52. The number of anilines is 1. The highest BCUT2D eigenvalue weighted by atomic mass is 32.2. The van der Waals surface area contributed by atoms with E-state index in [0.29, 0.717) is 5.69 Å². The van der Waals surface area contributed by atoms with E-state index in [-0.39, 0.29) is 10.6 Å². The zero-order chi connectivity index (χ0) is 17.4. The van der Waals surface area contributed by atoms with Crippen molar-refractivity contribution in [2.75, 3.05) is 11.8 Å². The second-order valence-corrected chi connectivity index (χ2v) is 7.23. The number of methoxy groups -OCH3 is 1. The topological polar surface area (TPSA) is 77.4 Å². The summed E-state index contributed by atoms with van der Waals surface area (Å²) in [6, 6.07) is 5.12. The van der Waals surface area contributed by atoms with Crippen LogP contribution >= 0.6 is 0 Å². The molecule has 1 N–H and O–H groups in total. The van der Waals surface area contributed by atoms with Gasteiger partial charge in [0.05, 0.1) is 12.8 Å². The van der Waals surface area contributed by atoms with E-state index in [2.05, 4.69) is 9.46 Å². The molecule has 0 aliphatic carbocycles. The molecule has 1 aromatic heterocycles. The van der Waals surface area contributed by atoms with Gasteiger partial charge >= 0.3 is 5.97 Å². The second kappa shape index (κ2) is 6.08. The van der Waals surface area contributed by atoms with Gasteiger partial charge in [0.2, 0.25) is 0 Å². The van der Waals surface area contributed by atoms with Crippen LogP contribution in [0.2, 0.25) is 0 Å². The third-order valence-corrected chi connectivity index (χ3v) is 4.91. The average molecular weight is 336 g/mol. The summed E-state index contributed by atoms with van der Waals surface area (Å²) in [5.41, 5.74) is 3.48. The van der Waals surface area contributed by atoms with Gasteiger partial charge in [-0.25, -0.2) is 13.2 Å². The van der Waals surface area contributed by atoms with E-state index in [1.165, 1.54) is 23.9 Å². The predicted molar refractivity (Wildman–Crippen MR) is 88.2 cm³/mol. The van der Waals surface area contributed by atoms with Crippen LogP contribution in [0, 0.1) is 20.8 Å². The number of hydrogen-bond donors (Lipinski definition) is 1. The Hall–Kier alpha value is -2.28. The zero-order valence-corrected chi connectivity index (χ0v) is 14.6. The van der Waals surface area contributed by atoms with Crippen LogP contribution in [-0.4, -0.2) is 26.1 Å². The van der Waals surface area contributed by atoms with Crippen LogP contribution in [0.3, 0.4) is 0 Å². The first kappa shape index (κ1) is 17.1. The molecule has 2 aromatic rings. The third kappa shape index (κ3) is 3.39. The molecule has 0 bridgehead atoms. The van der Waals surface area contributed by atoms with Crippen LogP contribution in [-0.2, 0) is 21.8 Å². The van der Waals surface area contributed by atoms with E-state index in [0.717, 1.165) is 16.7 Å². The van der Waals surface area contributed by atoms with Gasteiger partial charge in [-0.3, -0.25) is 4.72 Å². The van der Waals surface area contributed by atoms with E-state index < -0.39 is 16.0 Å². The van der Waals surface area contributed by atoms with Gasteiger partial charge in [0, 0.05) is 13.2 Å². The van der Waals surface area contributed by atoms with Crippen molar-refractivity contribution in [2.24, 2.45) is 7.05 Å². The van der Waals surface area contributed by atoms with E-state index in [1.54, 1.807) is 7.05 Å². The largest absolute Gasteiger partial charge is 0.464 e. The quantitative estimate of drug-likeness (QED) is 0.871. The maximum absolute atomic E-state index is 12.6. The Morgan fingerprint density at radius 3 is 2.22 bits per heavy atom. The number of benzene rings is 1. The highest BCUT2D eigenvalue weighted by molar-refractivity contribution is 7.92. The average Bonchev–Trinajstić information content (AvgIpc) is 2.85. The van der Waals surface area contributed by atoms with Crippen molar-refractivity contribution in [1.82, 2.24) is 4.57 Å². The van der Waals surface area contributed by atoms with Gasteiger partial charge in [-0.1, -0.05) is 17.7 Å². The molecular formula is C16H20N2O4S. The van der Waals surface area contributed by atoms with Crippen molar-refractivity contribution in [1.29, 1.82) is 0 Å². The van der Waals surface area contributed by atoms with E-state index in [4.69, 9.17) is 0 Å². The van der Waals surface area contributed by atoms with Crippen molar-refractivity contribution in [3.8, 4) is 0 Å². The fraction of sp³-hybridized carbons (Fsp3) is 0.312. The molecule has 2 rings (SSSR count). The molecule has 6 nitrogen and oxygen atoms in total. The molecule has 0 unspecified atom stereocenters. The van der Waals surface area contributed by atoms with Crippen LogP contribution in [0.5, 0.6) is 0 Å². The van der Waals surface area contributed by atoms with Gasteiger partial charge in [0.25, 0.3) is 10.0 Å². The van der Waals surface area contributed by atoms with E-state index >= 15 is 0 Å². The molecule has 0 radical (unpaired) electrons. The number of esters is 1. The minimum atomic E-state index is -3.79. The lowest BCUT2D eigenvalue weighted by atomic mass is 10.1. The third-order valence-electron chi connectivity index (χ3n) is 3.60. The first-order chi connectivity index (χ1) is 10.7. The minimum absolute atomic E-state index is 0.0137. The lowest BCUT2D eigenvalue weighted by Gasteiger charge is -2.13. The number of aryl methyl sites for hydroxylation is 4. The summed E-state index contributed by atoms with van der Waals surface area (Å²) in [7, 11) is -0.952. The SMILES string of the molecule is COC(=O)c1cc(S(=O)(=O)Nc2c(C)cc(C)cc2C)cn1C. The van der Waals surface area contributed by atoms with Crippen molar-refractivity contribution < 1.29 is 17.9 Å². The van der Waals surface area contributed by atoms with Crippen LogP contribution in [0.25, 0.3) is 0 Å². The maximum Gasteiger partial charge on any atom is 0.354 e. The standard InChI is InChI=1S/C16H20N2O4S/c1-10-6-11(2)15(12(3)7-10)17-23(20,21)13-8-14(16(19)22-5)18(4)9-13/h6-9,17H,1-5H3. The molecule has 0 spiro atoms. The smallest absolute Gasteiger partial charge is 0.354 e. The number of rotatable bonds is 4. The minimum Gasteiger partial charge on any atom is -0.464 e. The maximum atomic E-state index is 12.6. The Kier molecular flexibility index (Phi) is 4.51. The predicted octanol–water partition coefficient (Wildman–Crippen LogP) is 2.54. The molecule has 1 heterocycles. The van der Waals surface area contributed by atoms with Crippen molar-refractivity contribution in [2.45, 2.75) is 25.7 Å². The lowest BCUT2D eigenvalue weighted by molar-refractivity contribution is 0.0590. The number of carbonyl (C=O) groups excluding carboxylic acids is 1. The molecule has 0 saturated heterocycles. The number of carbonyl (C=O) groups is 1. The zero-order valence-electron chi connectivity index (χ0n) is 13.8. The van der Waals surface area contributed by atoms with Gasteiger partial charge in [-0.15, -0.1) is 0 Å². The number of ether oxygens (including phenoxy) is 1. The van der Waals surface area contributed by atoms with Crippen LogP contribution in [0.1, 0.15) is 27.2 Å². The Morgan fingerprint density at radius 2 is 1.70 bits per heavy atom. The number of aromatic nitrogens is 1. The van der Waals surface area contributed by atoms with Crippen LogP contribution in [0.4, 0.5) is 5.69 Å². The lowest BCUT2D eigenvalue weighted by Crippen LogP contribution is -2.14. The summed E-state index contributed by atoms with van der Waals surface area (Å²) in [4.78, 5) is 11.6. The van der Waals surface area contributed by atoms with Gasteiger partial charge in [0.1, 0.15) is 10.6 Å². The summed E-state index contributed by atoms with van der Waals surface area (Å²) >= 11 is 0. The number of hydrogen-bond acceptors (Lipinski definition) is 4. The molecule has 0 fully saturated rings. The number of nitrogens with one attached hydrogen (secondary N) is 1. The number of sulfonamides is 1. The van der Waals surface area contributed by atoms with Gasteiger partial charge < -0.3 is 9.30 Å². The van der Waals surface area contributed by atoms with Gasteiger partial charge in [-0.05, 0) is 38.0 Å². The summed E-state index contributed by atoms with van der Waals surface area (Å²) in [5, 5.41) is 0. The number of nitrogens with zero attached hydrogens (tertiary/aromatic N) is 1. The first-order valence-corrected chi connectivity index (χ1v) is 8.49. The summed E-state index contributed by atoms with van der Waals surface area (Å²) < 4.78 is 33.8. The molecule has 0 aliphatic rings. The summed E-state index contributed by atoms with van der Waals surface area (Å²) in [6.45, 7) is 5.66. The highest BCUT2D eigenvalue weighted by Gasteiger charge is 2.22. The molecular weight excluding hydrogens is 316 g/mol. The van der Waals surface area contributed by atoms with Crippen molar-refractivity contribution >= 4 is 21.7 Å². The Balaban J connectivity index is 2.43. The Morgan fingerprint density at radius 1 is 1.13 bits per heavy atom. The van der Waals surface area contributed by atoms with Crippen LogP contribution < -0.4 is 4.72 Å². The molecule has 0 saturated carbocycles. The van der Waals surface area contributed by atoms with Crippen LogP contribution in [0.15, 0.2) is 29.3 Å².